The minimum absolute atomic E-state index is 0.113. The summed E-state index contributed by atoms with van der Waals surface area (Å²) in [5.74, 6) is -0.113. The fourth-order valence-electron chi connectivity index (χ4n) is 3.19. The molecule has 27 heavy (non-hydrogen) atoms. The average molecular weight is 356 g/mol. The van der Waals surface area contributed by atoms with Crippen LogP contribution < -0.4 is 11.1 Å². The van der Waals surface area contributed by atoms with Crippen molar-refractivity contribution in [3.63, 3.8) is 0 Å². The van der Waals surface area contributed by atoms with Gasteiger partial charge in [-0.05, 0) is 47.5 Å². The first kappa shape index (κ1) is 16.8. The Kier molecular flexibility index (Phi) is 4.58. The molecule has 0 fully saturated rings. The molecule has 0 saturated carbocycles. The number of nitrogens with zero attached hydrogens (tertiary/aromatic N) is 2. The first-order valence-electron chi connectivity index (χ1n) is 8.80. The number of carbonyl (C=O) groups is 1. The molecule has 0 radical (unpaired) electrons. The van der Waals surface area contributed by atoms with Crippen molar-refractivity contribution < 1.29 is 4.79 Å². The summed E-state index contributed by atoms with van der Waals surface area (Å²) >= 11 is 0. The summed E-state index contributed by atoms with van der Waals surface area (Å²) in [6.07, 6.45) is 3.44. The van der Waals surface area contributed by atoms with Crippen LogP contribution in [0.25, 0.3) is 10.9 Å². The van der Waals surface area contributed by atoms with Crippen LogP contribution in [0.15, 0.2) is 79.1 Å². The average Bonchev–Trinajstić information content (AvgIpc) is 3.05. The highest BCUT2D eigenvalue weighted by atomic mass is 16.1. The molecule has 2 aromatic carbocycles. The van der Waals surface area contributed by atoms with Crippen molar-refractivity contribution in [1.82, 2.24) is 14.9 Å². The molecule has 0 atom stereocenters. The molecule has 0 aliphatic carbocycles. The van der Waals surface area contributed by atoms with E-state index in [1.807, 2.05) is 59.2 Å². The second-order valence-electron chi connectivity index (χ2n) is 6.46. The van der Waals surface area contributed by atoms with Crippen molar-refractivity contribution in [2.45, 2.75) is 13.1 Å². The summed E-state index contributed by atoms with van der Waals surface area (Å²) in [7, 11) is 0. The SMILES string of the molecule is Nc1ccc2c(c1)cc(C(=O)NCc1ccncc1)n2Cc1ccccc1. The molecule has 2 heterocycles. The van der Waals surface area contributed by atoms with E-state index in [-0.39, 0.29) is 5.91 Å². The molecule has 0 aliphatic heterocycles. The number of benzene rings is 2. The highest BCUT2D eigenvalue weighted by molar-refractivity contribution is 5.99. The largest absolute Gasteiger partial charge is 0.399 e. The fraction of sp³-hybridized carbons (Fsp3) is 0.0909. The van der Waals surface area contributed by atoms with Crippen LogP contribution in [0, 0.1) is 0 Å². The molecule has 0 bridgehead atoms. The molecule has 5 heteroatoms. The van der Waals surface area contributed by atoms with E-state index < -0.39 is 0 Å². The third kappa shape index (κ3) is 3.67. The van der Waals surface area contributed by atoms with Gasteiger partial charge in [-0.3, -0.25) is 9.78 Å². The third-order valence-corrected chi connectivity index (χ3v) is 4.54. The van der Waals surface area contributed by atoms with E-state index in [9.17, 15) is 4.79 Å². The summed E-state index contributed by atoms with van der Waals surface area (Å²) in [5.41, 5.74) is 10.4. The Balaban J connectivity index is 1.67. The summed E-state index contributed by atoms with van der Waals surface area (Å²) in [6, 6.07) is 21.5. The van der Waals surface area contributed by atoms with Crippen molar-refractivity contribution in [2.24, 2.45) is 0 Å². The number of amides is 1. The van der Waals surface area contributed by atoms with Gasteiger partial charge < -0.3 is 15.6 Å². The van der Waals surface area contributed by atoms with Crippen LogP contribution in [0.3, 0.4) is 0 Å². The maximum atomic E-state index is 12.9. The Morgan fingerprint density at radius 1 is 0.963 bits per heavy atom. The quantitative estimate of drug-likeness (QED) is 0.537. The van der Waals surface area contributed by atoms with E-state index in [4.69, 9.17) is 5.73 Å². The Morgan fingerprint density at radius 3 is 2.52 bits per heavy atom. The number of hydrogen-bond acceptors (Lipinski definition) is 3. The Bertz CT molecular complexity index is 1070. The number of hydrogen-bond donors (Lipinski definition) is 2. The zero-order valence-corrected chi connectivity index (χ0v) is 14.8. The van der Waals surface area contributed by atoms with Crippen LogP contribution in [0.1, 0.15) is 21.6 Å². The molecule has 5 nitrogen and oxygen atoms in total. The van der Waals surface area contributed by atoms with Gasteiger partial charge in [0.15, 0.2) is 0 Å². The third-order valence-electron chi connectivity index (χ3n) is 4.54. The predicted molar refractivity (Wildman–Crippen MR) is 107 cm³/mol. The van der Waals surface area contributed by atoms with Crippen LogP contribution in [0.4, 0.5) is 5.69 Å². The molecule has 3 N–H and O–H groups in total. The van der Waals surface area contributed by atoms with Crippen molar-refractivity contribution >= 4 is 22.5 Å². The Labute approximate surface area is 157 Å². The first-order valence-corrected chi connectivity index (χ1v) is 8.80. The lowest BCUT2D eigenvalue weighted by molar-refractivity contribution is 0.0942. The lowest BCUT2D eigenvalue weighted by Gasteiger charge is -2.11. The number of nitrogens with two attached hydrogens (primary N) is 1. The maximum absolute atomic E-state index is 12.9. The number of nitrogen functional groups attached to an aromatic ring is 1. The molecule has 4 rings (SSSR count). The van der Waals surface area contributed by atoms with Gasteiger partial charge in [-0.1, -0.05) is 30.3 Å². The summed E-state index contributed by atoms with van der Waals surface area (Å²) in [4.78, 5) is 16.9. The molecule has 4 aromatic rings. The van der Waals surface area contributed by atoms with Crippen LogP contribution in [0.5, 0.6) is 0 Å². The highest BCUT2D eigenvalue weighted by Crippen LogP contribution is 2.24. The zero-order chi connectivity index (χ0) is 18.6. The van der Waals surface area contributed by atoms with Gasteiger partial charge >= 0.3 is 0 Å². The highest BCUT2D eigenvalue weighted by Gasteiger charge is 2.16. The number of anilines is 1. The van der Waals surface area contributed by atoms with Crippen molar-refractivity contribution in [3.05, 3.63) is 95.9 Å². The second kappa shape index (κ2) is 7.33. The molecule has 0 spiro atoms. The minimum atomic E-state index is -0.113. The van der Waals surface area contributed by atoms with Gasteiger partial charge in [0.05, 0.1) is 0 Å². The van der Waals surface area contributed by atoms with E-state index in [1.54, 1.807) is 12.4 Å². The maximum Gasteiger partial charge on any atom is 0.268 e. The minimum Gasteiger partial charge on any atom is -0.399 e. The fourth-order valence-corrected chi connectivity index (χ4v) is 3.19. The number of carbonyl (C=O) groups excluding carboxylic acids is 1. The van der Waals surface area contributed by atoms with E-state index in [0.29, 0.717) is 24.5 Å². The van der Waals surface area contributed by atoms with E-state index in [1.165, 1.54) is 0 Å². The van der Waals surface area contributed by atoms with Crippen molar-refractivity contribution in [1.29, 1.82) is 0 Å². The van der Waals surface area contributed by atoms with Crippen LogP contribution in [-0.4, -0.2) is 15.5 Å². The topological polar surface area (TPSA) is 72.9 Å². The monoisotopic (exact) mass is 356 g/mol. The van der Waals surface area contributed by atoms with E-state index in [0.717, 1.165) is 22.0 Å². The molecule has 0 saturated heterocycles. The number of aromatic nitrogens is 2. The molecule has 1 amide bonds. The van der Waals surface area contributed by atoms with Gasteiger partial charge in [-0.25, -0.2) is 0 Å². The van der Waals surface area contributed by atoms with Gasteiger partial charge in [0.25, 0.3) is 5.91 Å². The molecule has 134 valence electrons. The lowest BCUT2D eigenvalue weighted by Crippen LogP contribution is -2.25. The van der Waals surface area contributed by atoms with Crippen molar-refractivity contribution in [3.8, 4) is 0 Å². The normalized spacial score (nSPS) is 10.8. The number of rotatable bonds is 5. The zero-order valence-electron chi connectivity index (χ0n) is 14.8. The molecule has 2 aromatic heterocycles. The predicted octanol–water partition coefficient (Wildman–Crippen LogP) is 3.60. The Morgan fingerprint density at radius 2 is 1.74 bits per heavy atom. The lowest BCUT2D eigenvalue weighted by atomic mass is 10.2. The summed E-state index contributed by atoms with van der Waals surface area (Å²) in [5, 5.41) is 3.96. The van der Waals surface area contributed by atoms with Crippen molar-refractivity contribution in [2.75, 3.05) is 5.73 Å². The molecular formula is C22H20N4O. The molecule has 0 aliphatic rings. The number of pyridine rings is 1. The summed E-state index contributed by atoms with van der Waals surface area (Å²) < 4.78 is 2.03. The van der Waals surface area contributed by atoms with Crippen LogP contribution in [0.2, 0.25) is 0 Å². The smallest absolute Gasteiger partial charge is 0.268 e. The van der Waals surface area contributed by atoms with Gasteiger partial charge in [-0.15, -0.1) is 0 Å². The van der Waals surface area contributed by atoms with E-state index in [2.05, 4.69) is 22.4 Å². The first-order chi connectivity index (χ1) is 13.2. The van der Waals surface area contributed by atoms with Gasteiger partial charge in [0, 0.05) is 42.1 Å². The van der Waals surface area contributed by atoms with Crippen LogP contribution >= 0.6 is 0 Å². The van der Waals surface area contributed by atoms with Gasteiger partial charge in [0.1, 0.15) is 5.69 Å². The molecule has 0 unspecified atom stereocenters. The second-order valence-corrected chi connectivity index (χ2v) is 6.46. The van der Waals surface area contributed by atoms with Gasteiger partial charge in [-0.2, -0.15) is 0 Å². The standard InChI is InChI=1S/C22H20N4O/c23-19-6-7-20-18(12-19)13-21(26(20)15-17-4-2-1-3-5-17)22(27)25-14-16-8-10-24-11-9-16/h1-13H,14-15,23H2,(H,25,27). The van der Waals surface area contributed by atoms with Crippen LogP contribution in [-0.2, 0) is 13.1 Å². The van der Waals surface area contributed by atoms with E-state index >= 15 is 0 Å². The summed E-state index contributed by atoms with van der Waals surface area (Å²) in [6.45, 7) is 1.07. The molecular weight excluding hydrogens is 336 g/mol. The Hall–Kier alpha value is -3.60. The number of nitrogens with one attached hydrogen (secondary N) is 1. The number of fused-ring (bicyclic) bond motifs is 1. The van der Waals surface area contributed by atoms with Gasteiger partial charge in [0.2, 0.25) is 0 Å².